The Hall–Kier alpha value is -3.59. The van der Waals surface area contributed by atoms with Gasteiger partial charge in [-0.1, -0.05) is 42.5 Å². The van der Waals surface area contributed by atoms with Gasteiger partial charge in [0.2, 0.25) is 0 Å². The lowest BCUT2D eigenvalue weighted by Crippen LogP contribution is -2.43. The molecule has 0 amide bonds. The van der Waals surface area contributed by atoms with Crippen molar-refractivity contribution >= 4 is 39.9 Å². The molecule has 1 aliphatic heterocycles. The number of piperazine rings is 1. The van der Waals surface area contributed by atoms with Gasteiger partial charge in [0.15, 0.2) is 0 Å². The summed E-state index contributed by atoms with van der Waals surface area (Å²) in [5, 5.41) is 4.33. The number of ether oxygens (including phenoxy) is 1. The summed E-state index contributed by atoms with van der Waals surface area (Å²) in [4.78, 5) is 24.9. The Balaban J connectivity index is 1.19. The molecule has 1 aliphatic rings. The zero-order valence-corrected chi connectivity index (χ0v) is 23.6. The number of benzene rings is 2. The molecule has 39 heavy (non-hydrogen) atoms. The zero-order chi connectivity index (χ0) is 27.4. The van der Waals surface area contributed by atoms with Gasteiger partial charge in [0.25, 0.3) is 0 Å². The van der Waals surface area contributed by atoms with Crippen LogP contribution in [0.4, 0.5) is 5.69 Å². The minimum absolute atomic E-state index is 0.394. The second kappa shape index (κ2) is 12.1. The van der Waals surface area contributed by atoms with Crippen LogP contribution in [-0.4, -0.2) is 71.1 Å². The van der Waals surface area contributed by atoms with Gasteiger partial charge in [-0.25, -0.2) is 9.78 Å². The van der Waals surface area contributed by atoms with E-state index in [1.54, 1.807) is 6.07 Å². The number of aromatic amines is 1. The smallest absolute Gasteiger partial charge is 0.354 e. The third kappa shape index (κ3) is 6.71. The second-order valence-electron chi connectivity index (χ2n) is 10.3. The summed E-state index contributed by atoms with van der Waals surface area (Å²) in [7, 11) is 3.55. The molecular formula is C31H35N5O2S. The average Bonchev–Trinajstić information content (AvgIpc) is 3.38. The molecule has 0 radical (unpaired) electrons. The van der Waals surface area contributed by atoms with E-state index in [2.05, 4.69) is 87.6 Å². The van der Waals surface area contributed by atoms with E-state index in [0.717, 1.165) is 72.8 Å². The van der Waals surface area contributed by atoms with Crippen molar-refractivity contribution in [2.75, 3.05) is 45.7 Å². The quantitative estimate of drug-likeness (QED) is 0.241. The number of nitrogens with one attached hydrogen (secondary N) is 2. The van der Waals surface area contributed by atoms with Crippen LogP contribution < -0.4 is 5.32 Å². The van der Waals surface area contributed by atoms with Gasteiger partial charge in [0.05, 0.1) is 7.11 Å². The summed E-state index contributed by atoms with van der Waals surface area (Å²) in [5.74, 6) is -0.394. The highest BCUT2D eigenvalue weighted by Gasteiger charge is 2.14. The van der Waals surface area contributed by atoms with E-state index in [1.165, 1.54) is 23.8 Å². The summed E-state index contributed by atoms with van der Waals surface area (Å²) < 4.78 is 4.80. The lowest BCUT2D eigenvalue weighted by Gasteiger charge is -2.32. The molecule has 3 heterocycles. The molecule has 5 rings (SSSR count). The number of fused-ring (bicyclic) bond motifs is 1. The summed E-state index contributed by atoms with van der Waals surface area (Å²) in [6, 6.07) is 18.9. The van der Waals surface area contributed by atoms with Gasteiger partial charge in [-0.2, -0.15) is 0 Å². The molecule has 2 aromatic heterocycles. The van der Waals surface area contributed by atoms with Gasteiger partial charge in [-0.15, -0.1) is 0 Å². The molecule has 0 aliphatic carbocycles. The molecule has 0 saturated carbocycles. The molecule has 0 bridgehead atoms. The Morgan fingerprint density at radius 1 is 1.03 bits per heavy atom. The molecule has 1 fully saturated rings. The largest absolute Gasteiger partial charge is 0.464 e. The summed E-state index contributed by atoms with van der Waals surface area (Å²) in [6.45, 7) is 7.59. The Morgan fingerprint density at radius 2 is 1.79 bits per heavy atom. The minimum atomic E-state index is -0.394. The predicted octanol–water partition coefficient (Wildman–Crippen LogP) is 4.98. The first-order valence-corrected chi connectivity index (χ1v) is 13.8. The molecular weight excluding hydrogens is 506 g/mol. The number of hydrogen-bond acceptors (Lipinski definition) is 6. The molecule has 4 aromatic rings. The van der Waals surface area contributed by atoms with Crippen molar-refractivity contribution in [3.63, 3.8) is 0 Å². The molecule has 202 valence electrons. The lowest BCUT2D eigenvalue weighted by atomic mass is 10.00. The van der Waals surface area contributed by atoms with E-state index >= 15 is 0 Å². The van der Waals surface area contributed by atoms with E-state index in [-0.39, 0.29) is 0 Å². The molecule has 0 atom stereocenters. The van der Waals surface area contributed by atoms with E-state index in [0.29, 0.717) is 11.3 Å². The third-order valence-corrected chi connectivity index (χ3v) is 7.78. The van der Waals surface area contributed by atoms with Crippen molar-refractivity contribution in [1.82, 2.24) is 19.8 Å². The number of anilines is 1. The maximum Gasteiger partial charge on any atom is 0.354 e. The lowest BCUT2D eigenvalue weighted by molar-refractivity contribution is 0.0595. The van der Waals surface area contributed by atoms with Gasteiger partial charge in [-0.3, -0.25) is 4.90 Å². The Morgan fingerprint density at radius 3 is 2.54 bits per heavy atom. The van der Waals surface area contributed by atoms with Crippen LogP contribution in [0.3, 0.4) is 0 Å². The number of aromatic nitrogens is 2. The van der Waals surface area contributed by atoms with Gasteiger partial charge in [0, 0.05) is 55.6 Å². The molecule has 2 N–H and O–H groups in total. The molecule has 0 unspecified atom stereocenters. The SMILES string of the molecule is COC(=O)c1cc2cc(CCc3cc(NC(=S)c4ccc(CN5CCN(C)CC5)cc4)ccc3C)cnc2[nH]1. The average molecular weight is 542 g/mol. The molecule has 7 nitrogen and oxygen atoms in total. The van der Waals surface area contributed by atoms with Crippen LogP contribution in [0, 0.1) is 6.92 Å². The van der Waals surface area contributed by atoms with Crippen molar-refractivity contribution in [2.24, 2.45) is 0 Å². The van der Waals surface area contributed by atoms with Crippen molar-refractivity contribution in [3.8, 4) is 0 Å². The van der Waals surface area contributed by atoms with Crippen LogP contribution in [0.25, 0.3) is 11.0 Å². The number of rotatable bonds is 8. The highest BCUT2D eigenvalue weighted by atomic mass is 32.1. The van der Waals surface area contributed by atoms with Crippen LogP contribution in [0.5, 0.6) is 0 Å². The minimum Gasteiger partial charge on any atom is -0.464 e. The van der Waals surface area contributed by atoms with E-state index in [9.17, 15) is 4.79 Å². The zero-order valence-electron chi connectivity index (χ0n) is 22.8. The maximum atomic E-state index is 11.8. The van der Waals surface area contributed by atoms with Gasteiger partial charge < -0.3 is 19.9 Å². The molecule has 1 saturated heterocycles. The van der Waals surface area contributed by atoms with Gasteiger partial charge in [-0.05, 0) is 73.3 Å². The Kier molecular flexibility index (Phi) is 8.35. The van der Waals surface area contributed by atoms with Crippen molar-refractivity contribution < 1.29 is 9.53 Å². The van der Waals surface area contributed by atoms with Gasteiger partial charge >= 0.3 is 5.97 Å². The molecule has 2 aromatic carbocycles. The number of methoxy groups -OCH3 is 1. The molecule has 0 spiro atoms. The van der Waals surface area contributed by atoms with Crippen LogP contribution in [0.2, 0.25) is 0 Å². The number of hydrogen-bond donors (Lipinski definition) is 2. The number of carbonyl (C=O) groups excluding carboxylic acids is 1. The van der Waals surface area contributed by atoms with E-state index < -0.39 is 5.97 Å². The number of likely N-dealkylation sites (N-methyl/N-ethyl adjacent to an activating group) is 1. The first kappa shape index (κ1) is 27.0. The topological polar surface area (TPSA) is 73.5 Å². The van der Waals surface area contributed by atoms with Crippen molar-refractivity contribution in [3.05, 3.63) is 94.3 Å². The number of esters is 1. The second-order valence-corrected chi connectivity index (χ2v) is 10.7. The number of pyridine rings is 1. The number of H-pyrrole nitrogens is 1. The van der Waals surface area contributed by atoms with Crippen LogP contribution >= 0.6 is 12.2 Å². The highest BCUT2D eigenvalue weighted by molar-refractivity contribution is 7.81. The fraction of sp³-hybridized carbons (Fsp3) is 0.323. The summed E-state index contributed by atoms with van der Waals surface area (Å²) in [6.07, 6.45) is 3.57. The van der Waals surface area contributed by atoms with E-state index in [4.69, 9.17) is 17.0 Å². The number of carbonyl (C=O) groups is 1. The summed E-state index contributed by atoms with van der Waals surface area (Å²) in [5.41, 5.74) is 8.03. The normalized spacial score (nSPS) is 14.4. The van der Waals surface area contributed by atoms with Crippen molar-refractivity contribution in [1.29, 1.82) is 0 Å². The monoisotopic (exact) mass is 541 g/mol. The fourth-order valence-electron chi connectivity index (χ4n) is 4.94. The van der Waals surface area contributed by atoms with Crippen LogP contribution in [-0.2, 0) is 24.1 Å². The van der Waals surface area contributed by atoms with Gasteiger partial charge in [0.1, 0.15) is 16.3 Å². The fourth-order valence-corrected chi connectivity index (χ4v) is 5.20. The maximum absolute atomic E-state index is 11.8. The number of nitrogens with zero attached hydrogens (tertiary/aromatic N) is 3. The number of thiocarbonyl (C=S) groups is 1. The third-order valence-electron chi connectivity index (χ3n) is 7.44. The predicted molar refractivity (Wildman–Crippen MR) is 161 cm³/mol. The first-order valence-electron chi connectivity index (χ1n) is 13.3. The first-order chi connectivity index (χ1) is 18.9. The Labute approximate surface area is 235 Å². The van der Waals surface area contributed by atoms with Crippen LogP contribution in [0.15, 0.2) is 60.8 Å². The number of aryl methyl sites for hydroxylation is 3. The Bertz CT molecular complexity index is 1470. The van der Waals surface area contributed by atoms with E-state index in [1.807, 2.05) is 6.20 Å². The highest BCUT2D eigenvalue weighted by Crippen LogP contribution is 2.21. The van der Waals surface area contributed by atoms with Crippen molar-refractivity contribution in [2.45, 2.75) is 26.3 Å². The summed E-state index contributed by atoms with van der Waals surface area (Å²) >= 11 is 5.74. The standard InChI is InChI=1S/C31H35N5O2S/c1-21-4-11-27(33-30(39)24-8-5-22(6-9-24)20-36-14-12-35(2)13-15-36)17-25(21)10-7-23-16-26-18-28(31(37)38-3)34-29(26)32-19-23/h4-6,8-9,11,16-19H,7,10,12-15,20H2,1-3H3,(H,32,34)(H,33,39). The van der Waals surface area contributed by atoms with Crippen LogP contribution in [0.1, 0.15) is 38.3 Å². The molecule has 8 heteroatoms.